The van der Waals surface area contributed by atoms with Crippen molar-refractivity contribution in [3.63, 3.8) is 0 Å². The van der Waals surface area contributed by atoms with E-state index in [2.05, 4.69) is 198 Å². The summed E-state index contributed by atoms with van der Waals surface area (Å²) in [6.45, 7) is 2.38. The van der Waals surface area contributed by atoms with Gasteiger partial charge < -0.3 is 13.6 Å². The standard InChI is InChI=1S/C59H40N4O/c1-37-33-42(62-52-27-12-8-23-44(52)45-24-9-13-28-53(45)62)31-32-43(37)48-35-49-46-25-11-15-30-55(46)64-58(49)57-56(48)47-26-10-14-29-54(47)63(57)41-22-16-21-40(34-41)51-36-50(38-17-4-2-5-18-38)60-59(61-51)39-19-6-3-7-20-39/h2-32,34-37H,33H2,1H3/t37-/m1/s1. The molecule has 0 N–H and O–H groups in total. The molecule has 0 radical (unpaired) electrons. The number of aromatic nitrogens is 4. The fourth-order valence-corrected chi connectivity index (χ4v) is 10.3. The summed E-state index contributed by atoms with van der Waals surface area (Å²) in [5.74, 6) is 0.928. The van der Waals surface area contributed by atoms with Crippen molar-refractivity contribution in [2.24, 2.45) is 5.92 Å². The van der Waals surface area contributed by atoms with Crippen LogP contribution in [0.3, 0.4) is 0 Å². The molecule has 0 saturated carbocycles. The first-order valence-electron chi connectivity index (χ1n) is 22.0. The maximum absolute atomic E-state index is 6.94. The van der Waals surface area contributed by atoms with Crippen molar-refractivity contribution < 1.29 is 4.42 Å². The van der Waals surface area contributed by atoms with E-state index in [9.17, 15) is 0 Å². The summed E-state index contributed by atoms with van der Waals surface area (Å²) < 4.78 is 11.8. The number of rotatable bonds is 6. The highest BCUT2D eigenvalue weighted by Gasteiger charge is 2.27. The van der Waals surface area contributed by atoms with E-state index < -0.39 is 0 Å². The van der Waals surface area contributed by atoms with Crippen LogP contribution in [0.5, 0.6) is 0 Å². The summed E-state index contributed by atoms with van der Waals surface area (Å²) in [4.78, 5) is 10.3. The highest BCUT2D eigenvalue weighted by Crippen LogP contribution is 2.47. The van der Waals surface area contributed by atoms with Crippen LogP contribution in [0.15, 0.2) is 211 Å². The summed E-state index contributed by atoms with van der Waals surface area (Å²) in [5.41, 5.74) is 16.1. The number of benzene rings is 8. The maximum Gasteiger partial charge on any atom is 0.160 e. The smallest absolute Gasteiger partial charge is 0.160 e. The van der Waals surface area contributed by atoms with Gasteiger partial charge in [0.1, 0.15) is 5.58 Å². The lowest BCUT2D eigenvalue weighted by Crippen LogP contribution is -2.09. The third-order valence-electron chi connectivity index (χ3n) is 13.2. The fraction of sp³-hybridized carbons (Fsp3) is 0.0508. The summed E-state index contributed by atoms with van der Waals surface area (Å²) in [5, 5.41) is 7.17. The number of fused-ring (bicyclic) bond motifs is 10. The van der Waals surface area contributed by atoms with Crippen LogP contribution < -0.4 is 0 Å². The quantitative estimate of drug-likeness (QED) is 0.168. The SMILES string of the molecule is C[C@@H]1CC(n2c3ccccc3c3ccccc32)=CC=C1c1cc2c3ccccc3oc2c2c1c1ccccc1n2-c1cccc(-c2cc(-c3ccccc3)nc(-c3ccccc3)n2)c1. The van der Waals surface area contributed by atoms with Crippen molar-refractivity contribution >= 4 is 76.8 Å². The minimum atomic E-state index is 0.236. The van der Waals surface area contributed by atoms with Crippen molar-refractivity contribution in [3.8, 4) is 39.6 Å². The third-order valence-corrected chi connectivity index (χ3v) is 13.2. The molecule has 4 heterocycles. The molecule has 0 fully saturated rings. The van der Waals surface area contributed by atoms with Gasteiger partial charge in [0.05, 0.1) is 33.5 Å². The Morgan fingerprint density at radius 2 is 1.06 bits per heavy atom. The Hall–Kier alpha value is -8.28. The zero-order valence-electron chi connectivity index (χ0n) is 35.1. The van der Waals surface area contributed by atoms with Crippen molar-refractivity contribution in [1.29, 1.82) is 0 Å². The molecule has 13 rings (SSSR count). The molecule has 1 atom stereocenters. The molecule has 0 saturated heterocycles. The second-order valence-electron chi connectivity index (χ2n) is 17.0. The van der Waals surface area contributed by atoms with Crippen LogP contribution in [0, 0.1) is 5.92 Å². The van der Waals surface area contributed by atoms with Crippen LogP contribution in [-0.2, 0) is 0 Å². The van der Waals surface area contributed by atoms with Crippen molar-refractivity contribution in [1.82, 2.24) is 19.1 Å². The zero-order valence-corrected chi connectivity index (χ0v) is 35.1. The Morgan fingerprint density at radius 3 is 1.77 bits per heavy atom. The van der Waals surface area contributed by atoms with Gasteiger partial charge >= 0.3 is 0 Å². The lowest BCUT2D eigenvalue weighted by atomic mass is 9.84. The van der Waals surface area contributed by atoms with Gasteiger partial charge in [0.2, 0.25) is 0 Å². The summed E-state index contributed by atoms with van der Waals surface area (Å²) in [6.07, 6.45) is 5.64. The largest absolute Gasteiger partial charge is 0.454 e. The molecule has 1 aliphatic carbocycles. The third kappa shape index (κ3) is 5.64. The first-order chi connectivity index (χ1) is 31.7. The van der Waals surface area contributed by atoms with Gasteiger partial charge in [-0.05, 0) is 78.1 Å². The number of furan rings is 1. The zero-order chi connectivity index (χ0) is 42.3. The molecule has 302 valence electrons. The molecule has 4 aromatic heterocycles. The normalized spacial score (nSPS) is 14.3. The Kier molecular flexibility index (Phi) is 8.19. The van der Waals surface area contributed by atoms with E-state index in [-0.39, 0.29) is 5.92 Å². The average Bonchev–Trinajstić information content (AvgIpc) is 4.02. The molecule has 0 unspecified atom stereocenters. The van der Waals surface area contributed by atoms with E-state index in [0.29, 0.717) is 5.82 Å². The van der Waals surface area contributed by atoms with Crippen molar-refractivity contribution in [2.45, 2.75) is 13.3 Å². The van der Waals surface area contributed by atoms with Gasteiger partial charge in [0.25, 0.3) is 0 Å². The Labute approximate surface area is 369 Å². The van der Waals surface area contributed by atoms with Crippen LogP contribution in [0.25, 0.3) is 116 Å². The van der Waals surface area contributed by atoms with Crippen LogP contribution in [0.4, 0.5) is 0 Å². The van der Waals surface area contributed by atoms with Crippen molar-refractivity contribution in [2.75, 3.05) is 0 Å². The van der Waals surface area contributed by atoms with Gasteiger partial charge in [0, 0.05) is 60.4 Å². The molecule has 5 nitrogen and oxygen atoms in total. The van der Waals surface area contributed by atoms with E-state index in [1.807, 2.05) is 24.3 Å². The molecule has 1 aliphatic rings. The number of nitrogens with zero attached hydrogens (tertiary/aromatic N) is 4. The number of hydrogen-bond acceptors (Lipinski definition) is 3. The van der Waals surface area contributed by atoms with Crippen LogP contribution in [-0.4, -0.2) is 19.1 Å². The minimum Gasteiger partial charge on any atom is -0.454 e. The Morgan fingerprint density at radius 1 is 0.484 bits per heavy atom. The van der Waals surface area contributed by atoms with Gasteiger partial charge in [-0.2, -0.15) is 0 Å². The van der Waals surface area contributed by atoms with E-state index in [0.717, 1.165) is 73.2 Å². The lowest BCUT2D eigenvalue weighted by molar-refractivity contribution is 0.671. The molecule has 0 aliphatic heterocycles. The van der Waals surface area contributed by atoms with E-state index >= 15 is 0 Å². The van der Waals surface area contributed by atoms with Gasteiger partial charge in [-0.15, -0.1) is 0 Å². The molecule has 0 spiro atoms. The topological polar surface area (TPSA) is 48.8 Å². The van der Waals surface area contributed by atoms with Crippen molar-refractivity contribution in [3.05, 3.63) is 212 Å². The maximum atomic E-state index is 6.94. The van der Waals surface area contributed by atoms with Crippen LogP contribution in [0.1, 0.15) is 18.9 Å². The van der Waals surface area contributed by atoms with E-state index in [1.165, 1.54) is 49.4 Å². The highest BCUT2D eigenvalue weighted by molar-refractivity contribution is 6.25. The average molecular weight is 821 g/mol. The van der Waals surface area contributed by atoms with Gasteiger partial charge in [-0.3, -0.25) is 0 Å². The lowest BCUT2D eigenvalue weighted by Gasteiger charge is -2.25. The second-order valence-corrected chi connectivity index (χ2v) is 17.0. The predicted molar refractivity (Wildman–Crippen MR) is 265 cm³/mol. The summed E-state index contributed by atoms with van der Waals surface area (Å²) in [6, 6.07) is 68.7. The van der Waals surface area contributed by atoms with Gasteiger partial charge in [-0.25, -0.2) is 9.97 Å². The number of para-hydroxylation sites is 4. The Balaban J connectivity index is 1.05. The number of hydrogen-bond donors (Lipinski definition) is 0. The van der Waals surface area contributed by atoms with E-state index in [4.69, 9.17) is 14.4 Å². The highest BCUT2D eigenvalue weighted by atomic mass is 16.3. The first-order valence-corrected chi connectivity index (χ1v) is 22.0. The molecular formula is C59H40N4O. The molecule has 5 heteroatoms. The first kappa shape index (κ1) is 36.4. The predicted octanol–water partition coefficient (Wildman–Crippen LogP) is 15.5. The molecule has 0 bridgehead atoms. The van der Waals surface area contributed by atoms with Gasteiger partial charge in [0.15, 0.2) is 11.4 Å². The monoisotopic (exact) mass is 820 g/mol. The fourth-order valence-electron chi connectivity index (χ4n) is 10.3. The Bertz CT molecular complexity index is 3770. The number of allylic oxidation sites excluding steroid dienone is 4. The van der Waals surface area contributed by atoms with Crippen LogP contribution in [0.2, 0.25) is 0 Å². The van der Waals surface area contributed by atoms with E-state index in [1.54, 1.807) is 0 Å². The summed E-state index contributed by atoms with van der Waals surface area (Å²) >= 11 is 0. The molecular weight excluding hydrogens is 781 g/mol. The summed E-state index contributed by atoms with van der Waals surface area (Å²) in [7, 11) is 0. The van der Waals surface area contributed by atoms with Crippen LogP contribution >= 0.6 is 0 Å². The second kappa shape index (κ2) is 14.4. The molecule has 12 aromatic rings. The molecule has 0 amide bonds. The van der Waals surface area contributed by atoms with Gasteiger partial charge in [-0.1, -0.05) is 159 Å². The minimum absolute atomic E-state index is 0.236. The molecule has 64 heavy (non-hydrogen) atoms. The molecule has 8 aromatic carbocycles.